The van der Waals surface area contributed by atoms with E-state index in [1.165, 1.54) is 0 Å². The molecule has 0 aliphatic rings. The van der Waals surface area contributed by atoms with Crippen LogP contribution in [0.15, 0.2) is 18.3 Å². The molecule has 0 bridgehead atoms. The van der Waals surface area contributed by atoms with Gasteiger partial charge in [0.05, 0.1) is 0 Å². The van der Waals surface area contributed by atoms with Gasteiger partial charge in [0.15, 0.2) is 0 Å². The lowest BCUT2D eigenvalue weighted by atomic mass is 10.1. The number of likely N-dealkylation sites (N-methyl/N-ethyl adjacent to an activating group) is 1. The molecule has 0 amide bonds. The Morgan fingerprint density at radius 3 is 2.77 bits per heavy atom. The van der Waals surface area contributed by atoms with Crippen LogP contribution in [0.5, 0.6) is 0 Å². The number of nitrogens with one attached hydrogen (secondary N) is 1. The Labute approximate surface area is 79.4 Å². The number of nitrogens with zero attached hydrogens (tertiary/aromatic N) is 1. The molecule has 0 saturated heterocycles. The molecule has 1 heterocycles. The van der Waals surface area contributed by atoms with E-state index in [0.717, 1.165) is 17.8 Å². The number of rotatable bonds is 4. The van der Waals surface area contributed by atoms with Crippen LogP contribution in [0, 0.1) is 6.92 Å². The summed E-state index contributed by atoms with van der Waals surface area (Å²) in [6.07, 6.45) is 1.88. The highest BCUT2D eigenvalue weighted by molar-refractivity contribution is 5.17. The number of hydrogen-bond donors (Lipinski definition) is 2. The maximum atomic E-state index is 5.64. The quantitative estimate of drug-likeness (QED) is 0.725. The van der Waals surface area contributed by atoms with Crippen LogP contribution in [0.3, 0.4) is 0 Å². The van der Waals surface area contributed by atoms with E-state index < -0.39 is 0 Å². The summed E-state index contributed by atoms with van der Waals surface area (Å²) in [4.78, 5) is 4.23. The smallest absolute Gasteiger partial charge is 0.0459 e. The lowest BCUT2D eigenvalue weighted by molar-refractivity contribution is 0.560. The topological polar surface area (TPSA) is 50.9 Å². The molecule has 0 fully saturated rings. The lowest BCUT2D eigenvalue weighted by Gasteiger charge is -2.15. The fourth-order valence-electron chi connectivity index (χ4n) is 1.27. The van der Waals surface area contributed by atoms with Crippen molar-refractivity contribution in [1.82, 2.24) is 10.3 Å². The summed E-state index contributed by atoms with van der Waals surface area (Å²) >= 11 is 0. The third-order valence-electron chi connectivity index (χ3n) is 2.02. The molecule has 72 valence electrons. The molecule has 0 aliphatic heterocycles. The molecule has 3 heteroatoms. The van der Waals surface area contributed by atoms with Crippen LogP contribution in [-0.4, -0.2) is 18.1 Å². The van der Waals surface area contributed by atoms with Gasteiger partial charge in [0.2, 0.25) is 0 Å². The van der Waals surface area contributed by atoms with E-state index in [2.05, 4.69) is 23.3 Å². The van der Waals surface area contributed by atoms with Crippen molar-refractivity contribution in [2.24, 2.45) is 5.73 Å². The van der Waals surface area contributed by atoms with Gasteiger partial charge in [-0.3, -0.25) is 4.98 Å². The van der Waals surface area contributed by atoms with Crippen LogP contribution in [0.1, 0.15) is 24.2 Å². The molecular weight excluding hydrogens is 162 g/mol. The van der Waals surface area contributed by atoms with Gasteiger partial charge in [-0.05, 0) is 25.1 Å². The first kappa shape index (κ1) is 10.2. The maximum Gasteiger partial charge on any atom is 0.0459 e. The normalized spacial score (nSPS) is 12.8. The average Bonchev–Trinajstić information content (AvgIpc) is 2.16. The molecule has 3 nitrogen and oxygen atoms in total. The Bertz CT molecular complexity index is 243. The maximum absolute atomic E-state index is 5.64. The Hall–Kier alpha value is -0.930. The zero-order chi connectivity index (χ0) is 9.68. The van der Waals surface area contributed by atoms with Gasteiger partial charge in [-0.25, -0.2) is 0 Å². The van der Waals surface area contributed by atoms with Gasteiger partial charge < -0.3 is 11.1 Å². The molecule has 1 rings (SSSR count). The minimum absolute atomic E-state index is 0.234. The summed E-state index contributed by atoms with van der Waals surface area (Å²) in [6.45, 7) is 5.59. The molecule has 1 atom stereocenters. The zero-order valence-corrected chi connectivity index (χ0v) is 8.25. The molecule has 0 aromatic carbocycles. The van der Waals surface area contributed by atoms with E-state index >= 15 is 0 Å². The Morgan fingerprint density at radius 2 is 2.31 bits per heavy atom. The Balaban J connectivity index is 2.73. The highest BCUT2D eigenvalue weighted by Gasteiger charge is 2.06. The van der Waals surface area contributed by atoms with E-state index in [9.17, 15) is 0 Å². The average molecular weight is 179 g/mol. The van der Waals surface area contributed by atoms with E-state index in [1.54, 1.807) is 0 Å². The minimum Gasteiger partial charge on any atom is -0.329 e. The number of hydrogen-bond acceptors (Lipinski definition) is 3. The summed E-state index contributed by atoms with van der Waals surface area (Å²) < 4.78 is 0. The molecule has 3 N–H and O–H groups in total. The first-order chi connectivity index (χ1) is 6.27. The monoisotopic (exact) mass is 179 g/mol. The van der Waals surface area contributed by atoms with Gasteiger partial charge in [0.1, 0.15) is 0 Å². The van der Waals surface area contributed by atoms with Crippen LogP contribution in [0.2, 0.25) is 0 Å². The Kier molecular flexibility index (Phi) is 3.86. The molecule has 1 unspecified atom stereocenters. The summed E-state index contributed by atoms with van der Waals surface area (Å²) in [5.41, 5.74) is 7.84. The van der Waals surface area contributed by atoms with Crippen LogP contribution >= 0.6 is 0 Å². The SMILES string of the molecule is CCNC(CN)c1ccc(C)nc1. The molecule has 0 radical (unpaired) electrons. The van der Waals surface area contributed by atoms with Crippen molar-refractivity contribution >= 4 is 0 Å². The summed E-state index contributed by atoms with van der Waals surface area (Å²) in [6, 6.07) is 4.32. The second-order valence-corrected chi connectivity index (χ2v) is 3.08. The van der Waals surface area contributed by atoms with Crippen molar-refractivity contribution in [2.45, 2.75) is 19.9 Å². The van der Waals surface area contributed by atoms with Gasteiger partial charge >= 0.3 is 0 Å². The van der Waals surface area contributed by atoms with Gasteiger partial charge in [-0.15, -0.1) is 0 Å². The first-order valence-corrected chi connectivity index (χ1v) is 4.64. The molecule has 1 aromatic heterocycles. The third-order valence-corrected chi connectivity index (χ3v) is 2.02. The molecule has 1 aromatic rings. The van der Waals surface area contributed by atoms with Crippen LogP contribution in [0.4, 0.5) is 0 Å². The number of nitrogens with two attached hydrogens (primary N) is 1. The second kappa shape index (κ2) is 4.94. The largest absolute Gasteiger partial charge is 0.329 e. The summed E-state index contributed by atoms with van der Waals surface area (Å²) in [5.74, 6) is 0. The molecular formula is C10H17N3. The van der Waals surface area contributed by atoms with Crippen LogP contribution < -0.4 is 11.1 Å². The van der Waals surface area contributed by atoms with Gasteiger partial charge in [-0.1, -0.05) is 13.0 Å². The predicted molar refractivity (Wildman–Crippen MR) is 54.4 cm³/mol. The number of aryl methyl sites for hydroxylation is 1. The van der Waals surface area contributed by atoms with Crippen molar-refractivity contribution in [3.63, 3.8) is 0 Å². The Morgan fingerprint density at radius 1 is 1.54 bits per heavy atom. The van der Waals surface area contributed by atoms with E-state index in [-0.39, 0.29) is 6.04 Å². The van der Waals surface area contributed by atoms with Gasteiger partial charge in [0, 0.05) is 24.5 Å². The third kappa shape index (κ3) is 2.79. The lowest BCUT2D eigenvalue weighted by Crippen LogP contribution is -2.27. The van der Waals surface area contributed by atoms with E-state index in [1.807, 2.05) is 19.2 Å². The van der Waals surface area contributed by atoms with Crippen molar-refractivity contribution in [3.05, 3.63) is 29.6 Å². The van der Waals surface area contributed by atoms with E-state index in [0.29, 0.717) is 6.54 Å². The van der Waals surface area contributed by atoms with Crippen molar-refractivity contribution in [3.8, 4) is 0 Å². The van der Waals surface area contributed by atoms with Gasteiger partial charge in [-0.2, -0.15) is 0 Å². The van der Waals surface area contributed by atoms with Crippen molar-refractivity contribution in [2.75, 3.05) is 13.1 Å². The van der Waals surface area contributed by atoms with Crippen LogP contribution in [-0.2, 0) is 0 Å². The number of pyridine rings is 1. The molecule has 0 aliphatic carbocycles. The fraction of sp³-hybridized carbons (Fsp3) is 0.500. The fourth-order valence-corrected chi connectivity index (χ4v) is 1.27. The van der Waals surface area contributed by atoms with E-state index in [4.69, 9.17) is 5.73 Å². The number of aromatic nitrogens is 1. The molecule has 0 saturated carbocycles. The van der Waals surface area contributed by atoms with Crippen LogP contribution in [0.25, 0.3) is 0 Å². The van der Waals surface area contributed by atoms with Crippen molar-refractivity contribution in [1.29, 1.82) is 0 Å². The zero-order valence-electron chi connectivity index (χ0n) is 8.25. The molecule has 13 heavy (non-hydrogen) atoms. The van der Waals surface area contributed by atoms with Crippen molar-refractivity contribution < 1.29 is 0 Å². The summed E-state index contributed by atoms with van der Waals surface area (Å²) in [5, 5.41) is 3.30. The summed E-state index contributed by atoms with van der Waals surface area (Å²) in [7, 11) is 0. The predicted octanol–water partition coefficient (Wildman–Crippen LogP) is 0.999. The van der Waals surface area contributed by atoms with Gasteiger partial charge in [0.25, 0.3) is 0 Å². The minimum atomic E-state index is 0.234. The molecule has 0 spiro atoms. The first-order valence-electron chi connectivity index (χ1n) is 4.64. The highest BCUT2D eigenvalue weighted by Crippen LogP contribution is 2.09. The highest BCUT2D eigenvalue weighted by atomic mass is 14.9. The second-order valence-electron chi connectivity index (χ2n) is 3.08. The standard InChI is InChI=1S/C10H17N3/c1-3-12-10(6-11)9-5-4-8(2)13-7-9/h4-5,7,10,12H,3,6,11H2,1-2H3.